The maximum Gasteiger partial charge on any atom is 0.308 e. The number of aryl methyl sites for hydroxylation is 1. The fourth-order valence-corrected chi connectivity index (χ4v) is 2.41. The Bertz CT molecular complexity index is 505. The molecule has 94 valence electrons. The number of benzene rings is 1. The number of hydrogen-bond donors (Lipinski definition) is 1. The molecule has 1 heterocycles. The van der Waals surface area contributed by atoms with Gasteiger partial charge >= 0.3 is 5.97 Å². The number of carboxylic acid groups (broad SMARTS) is 1. The van der Waals surface area contributed by atoms with E-state index in [1.54, 1.807) is 0 Å². The number of aliphatic carboxylic acids is 1. The largest absolute Gasteiger partial charge is 0.481 e. The Labute approximate surface area is 106 Å². The normalized spacial score (nSPS) is 19.3. The van der Waals surface area contributed by atoms with Crippen LogP contribution in [0.15, 0.2) is 18.2 Å². The summed E-state index contributed by atoms with van der Waals surface area (Å²) in [5.74, 6) is -1.07. The van der Waals surface area contributed by atoms with Crippen molar-refractivity contribution in [1.82, 2.24) is 0 Å². The van der Waals surface area contributed by atoms with Crippen molar-refractivity contribution in [3.63, 3.8) is 0 Å². The number of carboxylic acids is 1. The summed E-state index contributed by atoms with van der Waals surface area (Å²) in [7, 11) is 0. The minimum Gasteiger partial charge on any atom is -0.481 e. The highest BCUT2D eigenvalue weighted by atomic mass is 16.4. The van der Waals surface area contributed by atoms with Gasteiger partial charge in [-0.25, -0.2) is 0 Å². The third-order valence-electron chi connectivity index (χ3n) is 3.38. The Balaban J connectivity index is 2.26. The van der Waals surface area contributed by atoms with Gasteiger partial charge in [0, 0.05) is 13.1 Å². The quantitative estimate of drug-likeness (QED) is 0.866. The molecule has 0 radical (unpaired) electrons. The van der Waals surface area contributed by atoms with Crippen molar-refractivity contribution < 1.29 is 9.90 Å². The minimum absolute atomic E-state index is 0.327. The highest BCUT2D eigenvalue weighted by molar-refractivity contribution is 5.72. The highest BCUT2D eigenvalue weighted by Crippen LogP contribution is 2.26. The summed E-state index contributed by atoms with van der Waals surface area (Å²) in [6.07, 6.45) is 1.58. The summed E-state index contributed by atoms with van der Waals surface area (Å²) >= 11 is 0. The summed E-state index contributed by atoms with van der Waals surface area (Å²) in [6, 6.07) is 7.91. The van der Waals surface area contributed by atoms with E-state index in [0.29, 0.717) is 12.1 Å². The lowest BCUT2D eigenvalue weighted by atomic mass is 9.97. The van der Waals surface area contributed by atoms with Crippen LogP contribution < -0.4 is 4.90 Å². The van der Waals surface area contributed by atoms with Crippen LogP contribution in [0.5, 0.6) is 0 Å². The van der Waals surface area contributed by atoms with Gasteiger partial charge in [-0.3, -0.25) is 4.79 Å². The van der Waals surface area contributed by atoms with Gasteiger partial charge in [-0.15, -0.1) is 0 Å². The van der Waals surface area contributed by atoms with Crippen molar-refractivity contribution >= 4 is 11.7 Å². The van der Waals surface area contributed by atoms with Gasteiger partial charge in [-0.2, -0.15) is 5.26 Å². The van der Waals surface area contributed by atoms with E-state index in [1.807, 2.05) is 30.0 Å². The Morgan fingerprint density at radius 2 is 2.33 bits per heavy atom. The molecule has 0 saturated carbocycles. The van der Waals surface area contributed by atoms with E-state index in [0.717, 1.165) is 30.6 Å². The fraction of sp³-hybridized carbons (Fsp3) is 0.429. The van der Waals surface area contributed by atoms with Crippen LogP contribution in [-0.4, -0.2) is 24.2 Å². The molecule has 0 spiro atoms. The Morgan fingerprint density at radius 3 is 3.00 bits per heavy atom. The van der Waals surface area contributed by atoms with Crippen LogP contribution in [0.25, 0.3) is 0 Å². The molecule has 1 aromatic rings. The van der Waals surface area contributed by atoms with Crippen molar-refractivity contribution in [2.75, 3.05) is 18.0 Å². The molecule has 0 bridgehead atoms. The monoisotopic (exact) mass is 244 g/mol. The average Bonchev–Trinajstić information content (AvgIpc) is 2.38. The van der Waals surface area contributed by atoms with Gasteiger partial charge in [0.05, 0.1) is 17.2 Å². The summed E-state index contributed by atoms with van der Waals surface area (Å²) in [4.78, 5) is 13.1. The van der Waals surface area contributed by atoms with Crippen molar-refractivity contribution in [3.8, 4) is 6.07 Å². The zero-order valence-corrected chi connectivity index (χ0v) is 10.4. The topological polar surface area (TPSA) is 64.3 Å². The van der Waals surface area contributed by atoms with Gasteiger partial charge in [0.1, 0.15) is 6.07 Å². The van der Waals surface area contributed by atoms with Crippen molar-refractivity contribution in [2.24, 2.45) is 5.92 Å². The summed E-state index contributed by atoms with van der Waals surface area (Å²) in [5, 5.41) is 18.2. The van der Waals surface area contributed by atoms with Gasteiger partial charge in [-0.05, 0) is 37.5 Å². The number of anilines is 1. The van der Waals surface area contributed by atoms with Crippen LogP contribution >= 0.6 is 0 Å². The number of nitriles is 1. The van der Waals surface area contributed by atoms with Crippen LogP contribution in [-0.2, 0) is 4.79 Å². The van der Waals surface area contributed by atoms with Gasteiger partial charge in [0.15, 0.2) is 0 Å². The molecule has 1 fully saturated rings. The van der Waals surface area contributed by atoms with Crippen LogP contribution in [0, 0.1) is 24.2 Å². The molecule has 1 aliphatic rings. The van der Waals surface area contributed by atoms with E-state index in [2.05, 4.69) is 6.07 Å². The molecule has 1 aliphatic heterocycles. The zero-order chi connectivity index (χ0) is 13.1. The van der Waals surface area contributed by atoms with E-state index in [9.17, 15) is 4.79 Å². The lowest BCUT2D eigenvalue weighted by Crippen LogP contribution is -2.39. The van der Waals surface area contributed by atoms with Crippen molar-refractivity contribution in [2.45, 2.75) is 19.8 Å². The predicted octanol–water partition coefficient (Wildman–Crippen LogP) is 2.17. The number of rotatable bonds is 2. The molecule has 4 heteroatoms. The number of nitrogens with zero attached hydrogens (tertiary/aromatic N) is 2. The molecule has 4 nitrogen and oxygen atoms in total. The molecule has 1 saturated heterocycles. The molecule has 1 aromatic carbocycles. The Hall–Kier alpha value is -2.02. The average molecular weight is 244 g/mol. The molecular weight excluding hydrogens is 228 g/mol. The van der Waals surface area contributed by atoms with E-state index < -0.39 is 5.97 Å². The van der Waals surface area contributed by atoms with E-state index in [4.69, 9.17) is 10.4 Å². The third-order valence-corrected chi connectivity index (χ3v) is 3.38. The highest BCUT2D eigenvalue weighted by Gasteiger charge is 2.26. The summed E-state index contributed by atoms with van der Waals surface area (Å²) in [6.45, 7) is 3.26. The van der Waals surface area contributed by atoms with E-state index in [1.165, 1.54) is 0 Å². The summed E-state index contributed by atoms with van der Waals surface area (Å²) in [5.41, 5.74) is 2.53. The SMILES string of the molecule is Cc1ccc(N2CCCC(C(=O)O)C2)c(C#N)c1. The predicted molar refractivity (Wildman–Crippen MR) is 68.5 cm³/mol. The van der Waals surface area contributed by atoms with Crippen LogP contribution in [0.4, 0.5) is 5.69 Å². The molecule has 0 aromatic heterocycles. The first-order chi connectivity index (χ1) is 8.61. The maximum atomic E-state index is 11.0. The molecular formula is C14H16N2O2. The third kappa shape index (κ3) is 2.45. The standard InChI is InChI=1S/C14H16N2O2/c1-10-4-5-13(12(7-10)8-15)16-6-2-3-11(9-16)14(17)18/h4-5,7,11H,2-3,6,9H2,1H3,(H,17,18). The molecule has 18 heavy (non-hydrogen) atoms. The van der Waals surface area contributed by atoms with Gasteiger partial charge in [0.25, 0.3) is 0 Å². The summed E-state index contributed by atoms with van der Waals surface area (Å²) < 4.78 is 0. The second-order valence-corrected chi connectivity index (χ2v) is 4.76. The lowest BCUT2D eigenvalue weighted by Gasteiger charge is -2.33. The number of piperidine rings is 1. The zero-order valence-electron chi connectivity index (χ0n) is 10.4. The second-order valence-electron chi connectivity index (χ2n) is 4.76. The Kier molecular flexibility index (Phi) is 3.52. The second kappa shape index (κ2) is 5.09. The van der Waals surface area contributed by atoms with Gasteiger partial charge in [-0.1, -0.05) is 6.07 Å². The maximum absolute atomic E-state index is 11.0. The molecule has 1 atom stereocenters. The van der Waals surface area contributed by atoms with Crippen LogP contribution in [0.1, 0.15) is 24.0 Å². The van der Waals surface area contributed by atoms with Crippen molar-refractivity contribution in [1.29, 1.82) is 5.26 Å². The fourth-order valence-electron chi connectivity index (χ4n) is 2.41. The molecule has 0 aliphatic carbocycles. The number of carbonyl (C=O) groups is 1. The molecule has 1 unspecified atom stereocenters. The van der Waals surface area contributed by atoms with Gasteiger partial charge < -0.3 is 10.0 Å². The first kappa shape index (κ1) is 12.4. The first-order valence-electron chi connectivity index (χ1n) is 6.10. The van der Waals surface area contributed by atoms with Crippen LogP contribution in [0.3, 0.4) is 0 Å². The minimum atomic E-state index is -0.745. The van der Waals surface area contributed by atoms with Crippen molar-refractivity contribution in [3.05, 3.63) is 29.3 Å². The molecule has 0 amide bonds. The van der Waals surface area contributed by atoms with E-state index >= 15 is 0 Å². The first-order valence-corrected chi connectivity index (χ1v) is 6.10. The number of hydrogen-bond acceptors (Lipinski definition) is 3. The van der Waals surface area contributed by atoms with E-state index in [-0.39, 0.29) is 5.92 Å². The van der Waals surface area contributed by atoms with Crippen LogP contribution in [0.2, 0.25) is 0 Å². The van der Waals surface area contributed by atoms with Gasteiger partial charge in [0.2, 0.25) is 0 Å². The molecule has 1 N–H and O–H groups in total. The lowest BCUT2D eigenvalue weighted by molar-refractivity contribution is -0.141. The molecule has 2 rings (SSSR count). The Morgan fingerprint density at radius 1 is 1.56 bits per heavy atom. The smallest absolute Gasteiger partial charge is 0.308 e.